The molecule has 1 heteroatoms. The molecule has 1 N–H and O–H groups in total. The predicted octanol–water partition coefficient (Wildman–Crippen LogP) is 4.62. The van der Waals surface area contributed by atoms with Crippen LogP contribution in [-0.4, -0.2) is 12.6 Å². The molecule has 0 saturated heterocycles. The Morgan fingerprint density at radius 3 is 2.37 bits per heavy atom. The van der Waals surface area contributed by atoms with Crippen molar-refractivity contribution < 1.29 is 0 Å². The molecular weight excluding hydrogens is 230 g/mol. The zero-order valence-corrected chi connectivity index (χ0v) is 13.0. The zero-order chi connectivity index (χ0) is 13.9. The molecule has 0 aromatic heterocycles. The molecule has 0 spiro atoms. The van der Waals surface area contributed by atoms with Crippen molar-refractivity contribution in [1.82, 2.24) is 5.32 Å². The maximum Gasteiger partial charge on any atom is 0.0136 e. The van der Waals surface area contributed by atoms with E-state index in [2.05, 4.69) is 57.3 Å². The highest BCUT2D eigenvalue weighted by atomic mass is 14.9. The van der Waals surface area contributed by atoms with Crippen LogP contribution in [0.1, 0.15) is 70.4 Å². The van der Waals surface area contributed by atoms with Crippen LogP contribution in [-0.2, 0) is 5.41 Å². The second kappa shape index (κ2) is 6.09. The molecule has 1 aromatic rings. The van der Waals surface area contributed by atoms with Gasteiger partial charge in [-0.3, -0.25) is 0 Å². The predicted molar refractivity (Wildman–Crippen MR) is 83.8 cm³/mol. The van der Waals surface area contributed by atoms with Crippen LogP contribution >= 0.6 is 0 Å². The van der Waals surface area contributed by atoms with Gasteiger partial charge < -0.3 is 5.32 Å². The van der Waals surface area contributed by atoms with Gasteiger partial charge in [-0.05, 0) is 48.3 Å². The summed E-state index contributed by atoms with van der Waals surface area (Å²) >= 11 is 0. The van der Waals surface area contributed by atoms with Crippen molar-refractivity contribution in [1.29, 1.82) is 0 Å². The fourth-order valence-corrected chi connectivity index (χ4v) is 3.16. The topological polar surface area (TPSA) is 12.0 Å². The third-order valence-electron chi connectivity index (χ3n) is 4.38. The van der Waals surface area contributed by atoms with E-state index in [1.54, 1.807) is 0 Å². The van der Waals surface area contributed by atoms with Gasteiger partial charge in [0.05, 0.1) is 0 Å². The first-order chi connectivity index (χ1) is 9.02. The number of rotatable bonds is 4. The highest BCUT2D eigenvalue weighted by molar-refractivity contribution is 5.30. The maximum atomic E-state index is 3.72. The average Bonchev–Trinajstić information content (AvgIpc) is 2.83. The Morgan fingerprint density at radius 2 is 1.79 bits per heavy atom. The number of hydrogen-bond donors (Lipinski definition) is 1. The van der Waals surface area contributed by atoms with Gasteiger partial charge in [-0.25, -0.2) is 0 Å². The van der Waals surface area contributed by atoms with Crippen molar-refractivity contribution in [3.05, 3.63) is 35.4 Å². The van der Waals surface area contributed by atoms with Crippen molar-refractivity contribution in [2.45, 2.75) is 70.8 Å². The molecule has 0 radical (unpaired) electrons. The smallest absolute Gasteiger partial charge is 0.0136 e. The summed E-state index contributed by atoms with van der Waals surface area (Å²) in [7, 11) is 0. The fraction of sp³-hybridized carbons (Fsp3) is 0.667. The van der Waals surface area contributed by atoms with Crippen molar-refractivity contribution in [2.24, 2.45) is 0 Å². The molecule has 1 aliphatic rings. The van der Waals surface area contributed by atoms with Gasteiger partial charge in [0.1, 0.15) is 0 Å². The van der Waals surface area contributed by atoms with Crippen LogP contribution in [0.15, 0.2) is 24.3 Å². The summed E-state index contributed by atoms with van der Waals surface area (Å²) in [5, 5.41) is 3.72. The second-order valence-corrected chi connectivity index (χ2v) is 6.97. The van der Waals surface area contributed by atoms with E-state index >= 15 is 0 Å². The van der Waals surface area contributed by atoms with Crippen molar-refractivity contribution in [2.75, 3.05) is 6.54 Å². The Morgan fingerprint density at radius 1 is 1.11 bits per heavy atom. The van der Waals surface area contributed by atoms with Gasteiger partial charge in [-0.2, -0.15) is 0 Å². The lowest BCUT2D eigenvalue weighted by molar-refractivity contribution is 0.478. The first kappa shape index (κ1) is 14.6. The maximum absolute atomic E-state index is 3.72. The number of benzene rings is 1. The van der Waals surface area contributed by atoms with Gasteiger partial charge in [0, 0.05) is 6.04 Å². The summed E-state index contributed by atoms with van der Waals surface area (Å²) in [6.45, 7) is 10.2. The number of hydrogen-bond acceptors (Lipinski definition) is 1. The van der Waals surface area contributed by atoms with Gasteiger partial charge in [-0.15, -0.1) is 0 Å². The monoisotopic (exact) mass is 259 g/mol. The van der Waals surface area contributed by atoms with Gasteiger partial charge in [0.2, 0.25) is 0 Å². The average molecular weight is 259 g/mol. The van der Waals surface area contributed by atoms with Crippen LogP contribution in [0.3, 0.4) is 0 Å². The SMILES string of the molecule is CCCNC1CCCC1c1ccc(C(C)(C)C)cc1. The Kier molecular flexibility index (Phi) is 4.67. The van der Waals surface area contributed by atoms with Gasteiger partial charge in [-0.1, -0.05) is 58.4 Å². The minimum atomic E-state index is 0.258. The summed E-state index contributed by atoms with van der Waals surface area (Å²) in [5.41, 5.74) is 3.22. The largest absolute Gasteiger partial charge is 0.313 e. The Hall–Kier alpha value is -0.820. The van der Waals surface area contributed by atoms with E-state index in [4.69, 9.17) is 0 Å². The molecule has 19 heavy (non-hydrogen) atoms. The van der Waals surface area contributed by atoms with E-state index < -0.39 is 0 Å². The van der Waals surface area contributed by atoms with Crippen LogP contribution in [0.5, 0.6) is 0 Å². The van der Waals surface area contributed by atoms with Crippen LogP contribution < -0.4 is 5.32 Å². The second-order valence-electron chi connectivity index (χ2n) is 6.97. The quantitative estimate of drug-likeness (QED) is 0.832. The molecule has 1 fully saturated rings. The molecule has 1 aliphatic carbocycles. The molecule has 0 amide bonds. The molecule has 106 valence electrons. The fourth-order valence-electron chi connectivity index (χ4n) is 3.16. The third-order valence-corrected chi connectivity index (χ3v) is 4.38. The standard InChI is InChI=1S/C18H29N/c1-5-13-19-17-8-6-7-16(17)14-9-11-15(12-10-14)18(2,3)4/h9-12,16-17,19H,5-8,13H2,1-4H3. The lowest BCUT2D eigenvalue weighted by Crippen LogP contribution is -2.31. The summed E-state index contributed by atoms with van der Waals surface area (Å²) in [6.07, 6.45) is 5.28. The molecule has 2 unspecified atom stereocenters. The molecule has 1 nitrogen and oxygen atoms in total. The number of nitrogens with one attached hydrogen (secondary N) is 1. The van der Waals surface area contributed by atoms with E-state index in [1.165, 1.54) is 36.8 Å². The molecule has 1 aromatic carbocycles. The lowest BCUT2D eigenvalue weighted by Gasteiger charge is -2.23. The van der Waals surface area contributed by atoms with Crippen molar-refractivity contribution in [3.8, 4) is 0 Å². The Balaban J connectivity index is 2.08. The molecule has 1 saturated carbocycles. The third kappa shape index (κ3) is 3.60. The minimum Gasteiger partial charge on any atom is -0.313 e. The van der Waals surface area contributed by atoms with E-state index in [0.29, 0.717) is 6.04 Å². The van der Waals surface area contributed by atoms with Crippen LogP contribution in [0.2, 0.25) is 0 Å². The summed E-state index contributed by atoms with van der Waals surface area (Å²) < 4.78 is 0. The zero-order valence-electron chi connectivity index (χ0n) is 13.0. The van der Waals surface area contributed by atoms with Crippen molar-refractivity contribution >= 4 is 0 Å². The van der Waals surface area contributed by atoms with Crippen LogP contribution in [0.4, 0.5) is 0 Å². The molecule has 0 heterocycles. The molecule has 0 bridgehead atoms. The van der Waals surface area contributed by atoms with E-state index in [1.807, 2.05) is 0 Å². The Bertz CT molecular complexity index is 385. The van der Waals surface area contributed by atoms with Crippen LogP contribution in [0, 0.1) is 0 Å². The Labute approximate surface area is 118 Å². The van der Waals surface area contributed by atoms with Gasteiger partial charge in [0.25, 0.3) is 0 Å². The van der Waals surface area contributed by atoms with Gasteiger partial charge >= 0.3 is 0 Å². The van der Waals surface area contributed by atoms with E-state index in [0.717, 1.165) is 12.5 Å². The lowest BCUT2D eigenvalue weighted by atomic mass is 9.85. The highest BCUT2D eigenvalue weighted by Gasteiger charge is 2.28. The summed E-state index contributed by atoms with van der Waals surface area (Å²) in [6, 6.07) is 10.1. The first-order valence-corrected chi connectivity index (χ1v) is 7.86. The highest BCUT2D eigenvalue weighted by Crippen LogP contribution is 2.35. The van der Waals surface area contributed by atoms with Crippen LogP contribution in [0.25, 0.3) is 0 Å². The normalized spacial score (nSPS) is 23.8. The molecule has 0 aliphatic heterocycles. The van der Waals surface area contributed by atoms with E-state index in [-0.39, 0.29) is 5.41 Å². The molecular formula is C18H29N. The van der Waals surface area contributed by atoms with Gasteiger partial charge in [0.15, 0.2) is 0 Å². The first-order valence-electron chi connectivity index (χ1n) is 7.86. The summed E-state index contributed by atoms with van der Waals surface area (Å²) in [4.78, 5) is 0. The molecule has 2 atom stereocenters. The minimum absolute atomic E-state index is 0.258. The summed E-state index contributed by atoms with van der Waals surface area (Å²) in [5.74, 6) is 0.723. The van der Waals surface area contributed by atoms with E-state index in [9.17, 15) is 0 Å². The molecule has 2 rings (SSSR count). The van der Waals surface area contributed by atoms with Crippen molar-refractivity contribution in [3.63, 3.8) is 0 Å².